The summed E-state index contributed by atoms with van der Waals surface area (Å²) < 4.78 is 10.6. The first-order valence-electron chi connectivity index (χ1n) is 5.08. The van der Waals surface area contributed by atoms with Crippen LogP contribution in [0.1, 0.15) is 25.7 Å². The lowest BCUT2D eigenvalue weighted by Crippen LogP contribution is -2.40. The van der Waals surface area contributed by atoms with E-state index in [2.05, 4.69) is 0 Å². The van der Waals surface area contributed by atoms with Crippen molar-refractivity contribution in [3.63, 3.8) is 0 Å². The third-order valence-electron chi connectivity index (χ3n) is 3.38. The molecule has 2 fully saturated rings. The van der Waals surface area contributed by atoms with E-state index >= 15 is 0 Å². The van der Waals surface area contributed by atoms with Gasteiger partial charge in [-0.3, -0.25) is 0 Å². The maximum atomic E-state index is 11.0. The molecule has 1 aliphatic heterocycles. The van der Waals surface area contributed by atoms with E-state index in [0.717, 1.165) is 32.3 Å². The Labute approximate surface area is 83.2 Å². The minimum absolute atomic E-state index is 0.101. The third kappa shape index (κ3) is 1.42. The normalized spacial score (nSPS) is 31.4. The summed E-state index contributed by atoms with van der Waals surface area (Å²) in [6.07, 6.45) is 3.27. The molecule has 4 heteroatoms. The second-order valence-corrected chi connectivity index (χ2v) is 4.19. The topological polar surface area (TPSA) is 55.8 Å². The van der Waals surface area contributed by atoms with Gasteiger partial charge in [0.15, 0.2) is 6.10 Å². The number of carboxylic acid groups (broad SMARTS) is 1. The number of carbonyl (C=O) groups is 1. The molecule has 0 radical (unpaired) electrons. The molecule has 0 spiro atoms. The van der Waals surface area contributed by atoms with Crippen LogP contribution in [0.4, 0.5) is 0 Å². The molecule has 80 valence electrons. The molecule has 0 aromatic rings. The molecule has 0 aromatic carbocycles. The second-order valence-electron chi connectivity index (χ2n) is 4.19. The van der Waals surface area contributed by atoms with Crippen molar-refractivity contribution in [3.8, 4) is 0 Å². The number of hydrogen-bond acceptors (Lipinski definition) is 3. The first-order chi connectivity index (χ1) is 6.70. The number of aliphatic carboxylic acids is 1. The molecule has 14 heavy (non-hydrogen) atoms. The van der Waals surface area contributed by atoms with Crippen molar-refractivity contribution in [2.75, 3.05) is 13.7 Å². The highest BCUT2D eigenvalue weighted by atomic mass is 16.5. The monoisotopic (exact) mass is 200 g/mol. The van der Waals surface area contributed by atoms with Crippen molar-refractivity contribution in [1.29, 1.82) is 0 Å². The molecule has 1 N–H and O–H groups in total. The van der Waals surface area contributed by atoms with Crippen molar-refractivity contribution in [2.45, 2.75) is 37.9 Å². The van der Waals surface area contributed by atoms with Gasteiger partial charge in [-0.25, -0.2) is 4.79 Å². The lowest BCUT2D eigenvalue weighted by molar-refractivity contribution is -0.157. The lowest BCUT2D eigenvalue weighted by Gasteiger charge is -2.27. The molecule has 1 aliphatic carbocycles. The average molecular weight is 200 g/mol. The molecule has 1 heterocycles. The van der Waals surface area contributed by atoms with Gasteiger partial charge >= 0.3 is 5.97 Å². The third-order valence-corrected chi connectivity index (χ3v) is 3.38. The summed E-state index contributed by atoms with van der Waals surface area (Å²) in [7, 11) is 1.47. The van der Waals surface area contributed by atoms with Crippen LogP contribution in [0.5, 0.6) is 0 Å². The van der Waals surface area contributed by atoms with E-state index in [4.69, 9.17) is 14.6 Å². The van der Waals surface area contributed by atoms with Crippen molar-refractivity contribution in [2.24, 2.45) is 5.41 Å². The number of ether oxygens (including phenoxy) is 2. The maximum absolute atomic E-state index is 11.0. The van der Waals surface area contributed by atoms with Gasteiger partial charge in [0.2, 0.25) is 0 Å². The largest absolute Gasteiger partial charge is 0.479 e. The van der Waals surface area contributed by atoms with Crippen LogP contribution in [0.15, 0.2) is 0 Å². The van der Waals surface area contributed by atoms with Crippen LogP contribution in [0.25, 0.3) is 0 Å². The quantitative estimate of drug-likeness (QED) is 0.736. The Morgan fingerprint density at radius 3 is 2.71 bits per heavy atom. The summed E-state index contributed by atoms with van der Waals surface area (Å²) in [6.45, 7) is 0.766. The minimum atomic E-state index is -0.861. The van der Waals surface area contributed by atoms with E-state index in [1.165, 1.54) is 7.11 Å². The van der Waals surface area contributed by atoms with Crippen LogP contribution < -0.4 is 0 Å². The van der Waals surface area contributed by atoms with Crippen molar-refractivity contribution in [1.82, 2.24) is 0 Å². The molecule has 0 aromatic heterocycles. The zero-order valence-electron chi connectivity index (χ0n) is 8.36. The van der Waals surface area contributed by atoms with E-state index in [0.29, 0.717) is 0 Å². The van der Waals surface area contributed by atoms with Gasteiger partial charge in [0.05, 0.1) is 6.10 Å². The van der Waals surface area contributed by atoms with Gasteiger partial charge in [-0.2, -0.15) is 0 Å². The molecule has 2 atom stereocenters. The SMILES string of the molecule is COC(C(=O)O)C1(C2CCCO2)CC1. The zero-order valence-corrected chi connectivity index (χ0v) is 8.36. The summed E-state index contributed by atoms with van der Waals surface area (Å²) in [4.78, 5) is 11.0. The average Bonchev–Trinajstić information content (AvgIpc) is 2.76. The zero-order chi connectivity index (χ0) is 10.2. The van der Waals surface area contributed by atoms with Crippen molar-refractivity contribution >= 4 is 5.97 Å². The van der Waals surface area contributed by atoms with Gasteiger partial charge in [0.1, 0.15) is 0 Å². The van der Waals surface area contributed by atoms with Crippen molar-refractivity contribution in [3.05, 3.63) is 0 Å². The molecule has 2 unspecified atom stereocenters. The fourth-order valence-electron chi connectivity index (χ4n) is 2.51. The van der Waals surface area contributed by atoms with E-state index in [1.54, 1.807) is 0 Å². The molecule has 2 aliphatic rings. The Balaban J connectivity index is 2.09. The summed E-state index contributed by atoms with van der Waals surface area (Å²) >= 11 is 0. The Kier molecular flexibility index (Phi) is 2.49. The Hall–Kier alpha value is -0.610. The predicted octanol–water partition coefficient (Wildman–Crippen LogP) is 1.05. The molecular formula is C10H16O4. The van der Waals surface area contributed by atoms with E-state index in [9.17, 15) is 4.79 Å². The first kappa shape index (κ1) is 9.93. The fraction of sp³-hybridized carbons (Fsp3) is 0.900. The minimum Gasteiger partial charge on any atom is -0.479 e. The molecule has 4 nitrogen and oxygen atoms in total. The Morgan fingerprint density at radius 2 is 2.36 bits per heavy atom. The highest BCUT2D eigenvalue weighted by Crippen LogP contribution is 2.56. The van der Waals surface area contributed by atoms with Crippen molar-refractivity contribution < 1.29 is 19.4 Å². The summed E-state index contributed by atoms with van der Waals surface area (Å²) in [5, 5.41) is 9.03. The number of carboxylic acids is 1. The van der Waals surface area contributed by atoms with Gasteiger partial charge < -0.3 is 14.6 Å². The number of rotatable bonds is 4. The Morgan fingerprint density at radius 1 is 1.64 bits per heavy atom. The van der Waals surface area contributed by atoms with Crippen LogP contribution in [0.3, 0.4) is 0 Å². The van der Waals surface area contributed by atoms with Crippen LogP contribution >= 0.6 is 0 Å². The lowest BCUT2D eigenvalue weighted by atomic mass is 9.90. The first-order valence-corrected chi connectivity index (χ1v) is 5.08. The fourth-order valence-corrected chi connectivity index (χ4v) is 2.51. The highest BCUT2D eigenvalue weighted by molar-refractivity contribution is 5.74. The highest BCUT2D eigenvalue weighted by Gasteiger charge is 2.59. The number of hydrogen-bond donors (Lipinski definition) is 1. The summed E-state index contributed by atoms with van der Waals surface area (Å²) in [5.74, 6) is -0.861. The van der Waals surface area contributed by atoms with E-state index in [-0.39, 0.29) is 11.5 Å². The Bertz CT molecular complexity index is 228. The van der Waals surface area contributed by atoms with Crippen LogP contribution in [-0.2, 0) is 14.3 Å². The molecule has 1 saturated heterocycles. The summed E-state index contributed by atoms with van der Waals surface area (Å²) in [6, 6.07) is 0. The maximum Gasteiger partial charge on any atom is 0.333 e. The van der Waals surface area contributed by atoms with Gasteiger partial charge in [-0.05, 0) is 25.7 Å². The van der Waals surface area contributed by atoms with E-state index < -0.39 is 12.1 Å². The molecule has 1 saturated carbocycles. The predicted molar refractivity (Wildman–Crippen MR) is 49.1 cm³/mol. The molecular weight excluding hydrogens is 184 g/mol. The van der Waals surface area contributed by atoms with Gasteiger partial charge in [0.25, 0.3) is 0 Å². The van der Waals surface area contributed by atoms with Crippen LogP contribution in [0, 0.1) is 5.41 Å². The summed E-state index contributed by atoms with van der Waals surface area (Å²) in [5.41, 5.74) is -0.225. The van der Waals surface area contributed by atoms with Gasteiger partial charge in [-0.1, -0.05) is 0 Å². The standard InChI is InChI=1S/C10H16O4/c1-13-8(9(11)12)10(4-5-10)7-3-2-6-14-7/h7-8H,2-6H2,1H3,(H,11,12). The van der Waals surface area contributed by atoms with Crippen LogP contribution in [-0.4, -0.2) is 37.0 Å². The van der Waals surface area contributed by atoms with Gasteiger partial charge in [0, 0.05) is 19.1 Å². The smallest absolute Gasteiger partial charge is 0.333 e. The van der Waals surface area contributed by atoms with Gasteiger partial charge in [-0.15, -0.1) is 0 Å². The second kappa shape index (κ2) is 3.51. The molecule has 0 amide bonds. The van der Waals surface area contributed by atoms with Crippen LogP contribution in [0.2, 0.25) is 0 Å². The number of methoxy groups -OCH3 is 1. The molecule has 2 rings (SSSR count). The molecule has 0 bridgehead atoms. The van der Waals surface area contributed by atoms with E-state index in [1.807, 2.05) is 0 Å².